The standard InChI is InChI=1S/C14H13BrFNO/c15-12-6-5-11(14(17)7-12)9-18-8-10-3-1-2-4-13(10)16/h1-7H,8-9,17H2. The molecule has 0 saturated carbocycles. The second-order valence-corrected chi connectivity index (χ2v) is 4.84. The van der Waals surface area contributed by atoms with Crippen molar-refractivity contribution >= 4 is 21.6 Å². The normalized spacial score (nSPS) is 10.6. The molecule has 18 heavy (non-hydrogen) atoms. The lowest BCUT2D eigenvalue weighted by Gasteiger charge is -2.08. The van der Waals surface area contributed by atoms with E-state index >= 15 is 0 Å². The van der Waals surface area contributed by atoms with E-state index in [9.17, 15) is 4.39 Å². The Morgan fingerprint density at radius 1 is 1.06 bits per heavy atom. The van der Waals surface area contributed by atoms with Crippen LogP contribution < -0.4 is 5.73 Å². The molecule has 4 heteroatoms. The fourth-order valence-corrected chi connectivity index (χ4v) is 1.96. The van der Waals surface area contributed by atoms with Gasteiger partial charge in [-0.1, -0.05) is 40.2 Å². The highest BCUT2D eigenvalue weighted by atomic mass is 79.9. The lowest BCUT2D eigenvalue weighted by atomic mass is 10.2. The van der Waals surface area contributed by atoms with Gasteiger partial charge >= 0.3 is 0 Å². The first-order chi connectivity index (χ1) is 8.66. The Morgan fingerprint density at radius 2 is 1.78 bits per heavy atom. The van der Waals surface area contributed by atoms with Crippen LogP contribution >= 0.6 is 15.9 Å². The zero-order chi connectivity index (χ0) is 13.0. The summed E-state index contributed by atoms with van der Waals surface area (Å²) in [6.07, 6.45) is 0. The first kappa shape index (κ1) is 13.1. The maximum atomic E-state index is 13.3. The Labute approximate surface area is 114 Å². The van der Waals surface area contributed by atoms with Gasteiger partial charge in [-0.25, -0.2) is 4.39 Å². The molecule has 0 saturated heterocycles. The summed E-state index contributed by atoms with van der Waals surface area (Å²) in [6.45, 7) is 0.607. The molecule has 0 unspecified atom stereocenters. The van der Waals surface area contributed by atoms with E-state index in [1.165, 1.54) is 6.07 Å². The van der Waals surface area contributed by atoms with Crippen molar-refractivity contribution in [2.75, 3.05) is 5.73 Å². The van der Waals surface area contributed by atoms with Crippen LogP contribution in [0.1, 0.15) is 11.1 Å². The number of hydrogen-bond acceptors (Lipinski definition) is 2. The van der Waals surface area contributed by atoms with Gasteiger partial charge in [0.1, 0.15) is 5.82 Å². The van der Waals surface area contributed by atoms with E-state index in [0.717, 1.165) is 10.0 Å². The fourth-order valence-electron chi connectivity index (χ4n) is 1.58. The van der Waals surface area contributed by atoms with Crippen molar-refractivity contribution in [3.8, 4) is 0 Å². The SMILES string of the molecule is Nc1cc(Br)ccc1COCc1ccccc1F. The molecule has 0 atom stereocenters. The van der Waals surface area contributed by atoms with Gasteiger partial charge in [-0.05, 0) is 18.2 Å². The molecule has 2 aromatic carbocycles. The summed E-state index contributed by atoms with van der Waals surface area (Å²) in [5, 5.41) is 0. The number of benzene rings is 2. The Balaban J connectivity index is 1.95. The molecular formula is C14H13BrFNO. The zero-order valence-electron chi connectivity index (χ0n) is 9.70. The molecule has 0 aliphatic carbocycles. The summed E-state index contributed by atoms with van der Waals surface area (Å²) in [5.74, 6) is -0.249. The first-order valence-corrected chi connectivity index (χ1v) is 6.31. The highest BCUT2D eigenvalue weighted by Crippen LogP contribution is 2.19. The summed E-state index contributed by atoms with van der Waals surface area (Å²) < 4.78 is 19.7. The van der Waals surface area contributed by atoms with Gasteiger partial charge in [-0.2, -0.15) is 0 Å². The predicted octanol–water partition coefficient (Wildman–Crippen LogP) is 3.89. The summed E-state index contributed by atoms with van der Waals surface area (Å²) in [7, 11) is 0. The molecule has 0 bridgehead atoms. The molecule has 0 aromatic heterocycles. The van der Waals surface area contributed by atoms with Gasteiger partial charge in [0, 0.05) is 21.3 Å². The van der Waals surface area contributed by atoms with Crippen LogP contribution in [0.2, 0.25) is 0 Å². The van der Waals surface area contributed by atoms with Gasteiger partial charge in [0.05, 0.1) is 13.2 Å². The Hall–Kier alpha value is -1.39. The van der Waals surface area contributed by atoms with E-state index in [4.69, 9.17) is 10.5 Å². The molecule has 94 valence electrons. The number of halogens is 2. The molecule has 0 aliphatic rings. The fraction of sp³-hybridized carbons (Fsp3) is 0.143. The maximum Gasteiger partial charge on any atom is 0.128 e. The predicted molar refractivity (Wildman–Crippen MR) is 73.4 cm³/mol. The summed E-state index contributed by atoms with van der Waals surface area (Å²) in [4.78, 5) is 0. The average Bonchev–Trinajstić information content (AvgIpc) is 2.34. The molecule has 0 heterocycles. The third kappa shape index (κ3) is 3.31. The van der Waals surface area contributed by atoms with E-state index in [-0.39, 0.29) is 12.4 Å². The molecule has 2 N–H and O–H groups in total. The van der Waals surface area contributed by atoms with E-state index in [0.29, 0.717) is 17.9 Å². The lowest BCUT2D eigenvalue weighted by Crippen LogP contribution is -1.99. The minimum absolute atomic E-state index is 0.238. The highest BCUT2D eigenvalue weighted by molar-refractivity contribution is 9.10. The molecule has 0 spiro atoms. The number of nitrogens with two attached hydrogens (primary N) is 1. The van der Waals surface area contributed by atoms with Crippen LogP contribution in [0.5, 0.6) is 0 Å². The van der Waals surface area contributed by atoms with Gasteiger partial charge in [0.15, 0.2) is 0 Å². The zero-order valence-corrected chi connectivity index (χ0v) is 11.3. The van der Waals surface area contributed by atoms with Gasteiger partial charge in [0.25, 0.3) is 0 Å². The van der Waals surface area contributed by atoms with E-state index in [1.54, 1.807) is 18.2 Å². The molecule has 2 aromatic rings. The quantitative estimate of drug-likeness (QED) is 0.870. The minimum atomic E-state index is -0.249. The molecule has 0 aliphatic heterocycles. The largest absolute Gasteiger partial charge is 0.398 e. The van der Waals surface area contributed by atoms with Crippen LogP contribution in [-0.2, 0) is 18.0 Å². The summed E-state index contributed by atoms with van der Waals surface area (Å²) in [5.41, 5.74) is 7.96. The van der Waals surface area contributed by atoms with Crippen LogP contribution in [0.4, 0.5) is 10.1 Å². The van der Waals surface area contributed by atoms with Crippen molar-refractivity contribution in [2.24, 2.45) is 0 Å². The molecule has 2 nitrogen and oxygen atoms in total. The van der Waals surface area contributed by atoms with Crippen molar-refractivity contribution in [1.29, 1.82) is 0 Å². The second kappa shape index (κ2) is 5.98. The van der Waals surface area contributed by atoms with Crippen molar-refractivity contribution in [3.05, 3.63) is 63.9 Å². The Bertz CT molecular complexity index is 545. The van der Waals surface area contributed by atoms with Crippen LogP contribution in [0, 0.1) is 5.82 Å². The van der Waals surface area contributed by atoms with Gasteiger partial charge in [-0.3, -0.25) is 0 Å². The Morgan fingerprint density at radius 3 is 2.50 bits per heavy atom. The first-order valence-electron chi connectivity index (χ1n) is 5.52. The van der Waals surface area contributed by atoms with Crippen molar-refractivity contribution in [1.82, 2.24) is 0 Å². The van der Waals surface area contributed by atoms with E-state index in [1.807, 2.05) is 18.2 Å². The van der Waals surface area contributed by atoms with Gasteiger partial charge in [-0.15, -0.1) is 0 Å². The van der Waals surface area contributed by atoms with Crippen LogP contribution in [0.3, 0.4) is 0 Å². The van der Waals surface area contributed by atoms with Crippen LogP contribution in [0.25, 0.3) is 0 Å². The third-order valence-electron chi connectivity index (χ3n) is 2.58. The second-order valence-electron chi connectivity index (χ2n) is 3.93. The maximum absolute atomic E-state index is 13.3. The summed E-state index contributed by atoms with van der Waals surface area (Å²) in [6, 6.07) is 12.2. The number of anilines is 1. The van der Waals surface area contributed by atoms with Crippen LogP contribution in [0.15, 0.2) is 46.9 Å². The monoisotopic (exact) mass is 309 g/mol. The third-order valence-corrected chi connectivity index (χ3v) is 3.07. The van der Waals surface area contributed by atoms with Crippen molar-refractivity contribution in [2.45, 2.75) is 13.2 Å². The number of rotatable bonds is 4. The van der Waals surface area contributed by atoms with Crippen molar-refractivity contribution in [3.63, 3.8) is 0 Å². The Kier molecular flexibility index (Phi) is 4.33. The molecule has 2 rings (SSSR count). The van der Waals surface area contributed by atoms with Crippen molar-refractivity contribution < 1.29 is 9.13 Å². The summed E-state index contributed by atoms with van der Waals surface area (Å²) >= 11 is 3.34. The number of hydrogen-bond donors (Lipinski definition) is 1. The lowest BCUT2D eigenvalue weighted by molar-refractivity contribution is 0.105. The smallest absolute Gasteiger partial charge is 0.128 e. The molecular weight excluding hydrogens is 297 g/mol. The molecule has 0 fully saturated rings. The number of nitrogen functional groups attached to an aromatic ring is 1. The number of ether oxygens (including phenoxy) is 1. The molecule has 0 radical (unpaired) electrons. The average molecular weight is 310 g/mol. The van der Waals surface area contributed by atoms with Gasteiger partial charge < -0.3 is 10.5 Å². The van der Waals surface area contributed by atoms with Crippen LogP contribution in [-0.4, -0.2) is 0 Å². The minimum Gasteiger partial charge on any atom is -0.398 e. The highest BCUT2D eigenvalue weighted by Gasteiger charge is 2.03. The van der Waals surface area contributed by atoms with Gasteiger partial charge in [0.2, 0.25) is 0 Å². The van der Waals surface area contributed by atoms with E-state index < -0.39 is 0 Å². The molecule has 0 amide bonds. The van der Waals surface area contributed by atoms with E-state index in [2.05, 4.69) is 15.9 Å². The topological polar surface area (TPSA) is 35.2 Å².